The summed E-state index contributed by atoms with van der Waals surface area (Å²) >= 11 is 0. The summed E-state index contributed by atoms with van der Waals surface area (Å²) in [5, 5.41) is 4.10. The van der Waals surface area contributed by atoms with Crippen molar-refractivity contribution in [1.82, 2.24) is 14.5 Å². The summed E-state index contributed by atoms with van der Waals surface area (Å²) in [6, 6.07) is 5.69. The van der Waals surface area contributed by atoms with E-state index in [0.717, 1.165) is 11.1 Å². The molecule has 2 aromatic rings. The van der Waals surface area contributed by atoms with Crippen molar-refractivity contribution in [2.45, 2.75) is 52.1 Å². The Morgan fingerprint density at radius 1 is 1.23 bits per heavy atom. The third kappa shape index (κ3) is 3.23. The van der Waals surface area contributed by atoms with E-state index in [9.17, 15) is 8.42 Å². The van der Waals surface area contributed by atoms with Crippen molar-refractivity contribution in [1.29, 1.82) is 0 Å². The molecule has 0 bridgehead atoms. The van der Waals surface area contributed by atoms with Crippen LogP contribution in [0.3, 0.4) is 0 Å². The number of hydrogen-bond donors (Lipinski definition) is 1. The van der Waals surface area contributed by atoms with E-state index in [2.05, 4.69) is 9.82 Å². The predicted molar refractivity (Wildman–Crippen MR) is 87.3 cm³/mol. The number of nitrogens with one attached hydrogen (secondary N) is 1. The van der Waals surface area contributed by atoms with Gasteiger partial charge in [-0.1, -0.05) is 18.2 Å². The molecule has 1 heterocycles. The lowest BCUT2D eigenvalue weighted by Gasteiger charge is -2.16. The van der Waals surface area contributed by atoms with Crippen molar-refractivity contribution in [2.24, 2.45) is 0 Å². The maximum absolute atomic E-state index is 12.6. The lowest BCUT2D eigenvalue weighted by molar-refractivity contribution is 0.565. The van der Waals surface area contributed by atoms with Crippen LogP contribution in [0.1, 0.15) is 42.3 Å². The molecule has 2 rings (SSSR count). The molecule has 22 heavy (non-hydrogen) atoms. The molecule has 0 aliphatic heterocycles. The van der Waals surface area contributed by atoms with Crippen molar-refractivity contribution < 1.29 is 8.42 Å². The number of hydrogen-bond acceptors (Lipinski definition) is 3. The van der Waals surface area contributed by atoms with E-state index in [1.807, 2.05) is 45.9 Å². The van der Waals surface area contributed by atoms with E-state index in [1.165, 1.54) is 11.8 Å². The van der Waals surface area contributed by atoms with E-state index >= 15 is 0 Å². The molecular weight excluding hydrogens is 298 g/mol. The SMILES string of the molecule is CCn1ncc(S(=O)(=O)NC(C)c2ccc(C)c(C)c2)c1C. The van der Waals surface area contributed by atoms with E-state index < -0.39 is 10.0 Å². The molecule has 6 heteroatoms. The Hall–Kier alpha value is -1.66. The Balaban J connectivity index is 2.27. The third-order valence-electron chi connectivity index (χ3n) is 4.01. The van der Waals surface area contributed by atoms with Crippen molar-refractivity contribution in [3.05, 3.63) is 46.8 Å². The Labute approximate surface area is 132 Å². The van der Waals surface area contributed by atoms with E-state index in [1.54, 1.807) is 11.6 Å². The smallest absolute Gasteiger partial charge is 0.244 e. The number of sulfonamides is 1. The zero-order chi connectivity index (χ0) is 16.5. The van der Waals surface area contributed by atoms with Crippen LogP contribution >= 0.6 is 0 Å². The second-order valence-corrected chi connectivity index (χ2v) is 7.28. The van der Waals surface area contributed by atoms with Crippen molar-refractivity contribution in [3.63, 3.8) is 0 Å². The van der Waals surface area contributed by atoms with Gasteiger partial charge >= 0.3 is 0 Å². The summed E-state index contributed by atoms with van der Waals surface area (Å²) in [4.78, 5) is 0.241. The van der Waals surface area contributed by atoms with Crippen molar-refractivity contribution in [2.75, 3.05) is 0 Å². The number of aromatic nitrogens is 2. The van der Waals surface area contributed by atoms with E-state index in [-0.39, 0.29) is 10.9 Å². The van der Waals surface area contributed by atoms with E-state index in [0.29, 0.717) is 12.2 Å². The van der Waals surface area contributed by atoms with Gasteiger partial charge in [0, 0.05) is 12.6 Å². The summed E-state index contributed by atoms with van der Waals surface area (Å²) in [7, 11) is -3.58. The lowest BCUT2D eigenvalue weighted by atomic mass is 10.0. The summed E-state index contributed by atoms with van der Waals surface area (Å²) in [5.41, 5.74) is 3.95. The van der Waals surface area contributed by atoms with Crippen molar-refractivity contribution >= 4 is 10.0 Å². The first kappa shape index (κ1) is 16.7. The van der Waals surface area contributed by atoms with Gasteiger partial charge in [0.1, 0.15) is 4.90 Å². The molecule has 0 aliphatic carbocycles. The van der Waals surface area contributed by atoms with Gasteiger partial charge in [0.2, 0.25) is 10.0 Å². The van der Waals surface area contributed by atoms with Crippen LogP contribution in [0.25, 0.3) is 0 Å². The summed E-state index contributed by atoms with van der Waals surface area (Å²) < 4.78 is 29.5. The van der Waals surface area contributed by atoms with Gasteiger partial charge in [-0.3, -0.25) is 4.68 Å². The van der Waals surface area contributed by atoms with Gasteiger partial charge in [-0.15, -0.1) is 0 Å². The van der Waals surface area contributed by atoms with Crippen LogP contribution in [-0.4, -0.2) is 18.2 Å². The monoisotopic (exact) mass is 321 g/mol. The molecule has 1 aromatic heterocycles. The molecule has 0 aliphatic rings. The van der Waals surface area contributed by atoms with Crippen LogP contribution in [-0.2, 0) is 16.6 Å². The zero-order valence-electron chi connectivity index (χ0n) is 13.7. The van der Waals surface area contributed by atoms with Crippen molar-refractivity contribution in [3.8, 4) is 0 Å². The molecule has 0 saturated heterocycles. The highest BCUT2D eigenvalue weighted by atomic mass is 32.2. The van der Waals surface area contributed by atoms with Crippen LogP contribution in [0, 0.1) is 20.8 Å². The molecule has 5 nitrogen and oxygen atoms in total. The number of rotatable bonds is 5. The molecule has 0 radical (unpaired) electrons. The maximum Gasteiger partial charge on any atom is 0.244 e. The molecule has 0 amide bonds. The van der Waals surface area contributed by atoms with Gasteiger partial charge in [0.05, 0.1) is 11.9 Å². The maximum atomic E-state index is 12.6. The quantitative estimate of drug-likeness (QED) is 0.921. The van der Waals surface area contributed by atoms with Gasteiger partial charge in [0.15, 0.2) is 0 Å². The second-order valence-electron chi connectivity index (χ2n) is 5.60. The minimum Gasteiger partial charge on any atom is -0.269 e. The van der Waals surface area contributed by atoms with Crippen LogP contribution in [0.2, 0.25) is 0 Å². The molecule has 0 fully saturated rings. The summed E-state index contributed by atoms with van der Waals surface area (Å²) in [6.45, 7) is 10.3. The largest absolute Gasteiger partial charge is 0.269 e. The summed E-state index contributed by atoms with van der Waals surface area (Å²) in [5.74, 6) is 0. The number of benzene rings is 1. The first-order valence-corrected chi connectivity index (χ1v) is 8.86. The normalized spacial score (nSPS) is 13.3. The minimum absolute atomic E-state index is 0.241. The molecular formula is C16H23N3O2S. The highest BCUT2D eigenvalue weighted by Gasteiger charge is 2.23. The molecule has 1 atom stereocenters. The molecule has 0 spiro atoms. The fraction of sp³-hybridized carbons (Fsp3) is 0.438. The summed E-state index contributed by atoms with van der Waals surface area (Å²) in [6.07, 6.45) is 1.41. The average Bonchev–Trinajstić information content (AvgIpc) is 2.83. The fourth-order valence-electron chi connectivity index (χ4n) is 2.41. The fourth-order valence-corrected chi connectivity index (χ4v) is 3.82. The molecule has 1 aromatic carbocycles. The first-order chi connectivity index (χ1) is 10.3. The Bertz CT molecular complexity index is 779. The average molecular weight is 321 g/mol. The van der Waals surface area contributed by atoms with Crippen LogP contribution in [0.15, 0.2) is 29.3 Å². The van der Waals surface area contributed by atoms with Crippen LogP contribution in [0.4, 0.5) is 0 Å². The zero-order valence-corrected chi connectivity index (χ0v) is 14.5. The molecule has 120 valence electrons. The minimum atomic E-state index is -3.58. The second kappa shape index (κ2) is 6.22. The third-order valence-corrected chi connectivity index (χ3v) is 5.65. The highest BCUT2D eigenvalue weighted by Crippen LogP contribution is 2.21. The lowest BCUT2D eigenvalue weighted by Crippen LogP contribution is -2.27. The Morgan fingerprint density at radius 3 is 2.45 bits per heavy atom. The Morgan fingerprint density at radius 2 is 1.91 bits per heavy atom. The van der Waals surface area contributed by atoms with Gasteiger partial charge < -0.3 is 0 Å². The van der Waals surface area contributed by atoms with Gasteiger partial charge in [-0.2, -0.15) is 5.10 Å². The number of aryl methyl sites for hydroxylation is 3. The molecule has 1 unspecified atom stereocenters. The number of nitrogens with zero attached hydrogens (tertiary/aromatic N) is 2. The van der Waals surface area contributed by atoms with Crippen LogP contribution in [0.5, 0.6) is 0 Å². The van der Waals surface area contributed by atoms with Gasteiger partial charge in [0.25, 0.3) is 0 Å². The standard InChI is InChI=1S/C16H23N3O2S/c1-6-19-14(5)16(10-17-19)22(20,21)18-13(4)15-8-7-11(2)12(3)9-15/h7-10,13,18H,6H2,1-5H3. The first-order valence-electron chi connectivity index (χ1n) is 7.38. The topological polar surface area (TPSA) is 64.0 Å². The Kier molecular flexibility index (Phi) is 4.72. The van der Waals surface area contributed by atoms with Crippen LogP contribution < -0.4 is 4.72 Å². The van der Waals surface area contributed by atoms with Gasteiger partial charge in [-0.05, 0) is 51.3 Å². The van der Waals surface area contributed by atoms with E-state index in [4.69, 9.17) is 0 Å². The highest BCUT2D eigenvalue weighted by molar-refractivity contribution is 7.89. The molecule has 1 N–H and O–H groups in total. The molecule has 0 saturated carbocycles. The predicted octanol–water partition coefficient (Wildman–Crippen LogP) is 2.87. The van der Waals surface area contributed by atoms with Gasteiger partial charge in [-0.25, -0.2) is 13.1 Å².